The number of hydrogen-bond acceptors (Lipinski definition) is 4. The molecule has 1 aromatic heterocycles. The lowest BCUT2D eigenvalue weighted by Crippen LogP contribution is -2.19. The van der Waals surface area contributed by atoms with Crippen molar-refractivity contribution < 1.29 is 8.91 Å². The second-order valence-corrected chi connectivity index (χ2v) is 5.47. The lowest BCUT2D eigenvalue weighted by Gasteiger charge is -1.98. The Morgan fingerprint density at radius 3 is 3.00 bits per heavy atom. The van der Waals surface area contributed by atoms with Gasteiger partial charge in [-0.25, -0.2) is 4.39 Å². The molecular weight excluding hydrogens is 313 g/mol. The zero-order chi connectivity index (χ0) is 13.2. The number of benzene rings is 1. The van der Waals surface area contributed by atoms with E-state index >= 15 is 0 Å². The molecule has 0 unspecified atom stereocenters. The second kappa shape index (κ2) is 5.38. The van der Waals surface area contributed by atoms with E-state index in [1.165, 1.54) is 18.9 Å². The highest BCUT2D eigenvalue weighted by Gasteiger charge is 2.20. The maximum atomic E-state index is 13.1. The fraction of sp³-hybridized carbons (Fsp3) is 0.385. The average Bonchev–Trinajstić information content (AvgIpc) is 3.10. The zero-order valence-corrected chi connectivity index (χ0v) is 11.8. The van der Waals surface area contributed by atoms with Gasteiger partial charge in [-0.15, -0.1) is 0 Å². The third-order valence-electron chi connectivity index (χ3n) is 3.00. The molecule has 100 valence electrons. The van der Waals surface area contributed by atoms with Gasteiger partial charge in [-0.05, 0) is 47.0 Å². The first-order chi connectivity index (χ1) is 9.22. The van der Waals surface area contributed by atoms with Crippen LogP contribution in [0.15, 0.2) is 27.2 Å². The summed E-state index contributed by atoms with van der Waals surface area (Å²) in [6, 6.07) is 5.34. The summed E-state index contributed by atoms with van der Waals surface area (Å²) >= 11 is 3.14. The van der Waals surface area contributed by atoms with Crippen molar-refractivity contribution in [1.29, 1.82) is 0 Å². The molecule has 1 heterocycles. The monoisotopic (exact) mass is 325 g/mol. The largest absolute Gasteiger partial charge is 0.339 e. The molecule has 1 aliphatic rings. The summed E-state index contributed by atoms with van der Waals surface area (Å²) in [6.45, 7) is 0.847. The third kappa shape index (κ3) is 3.19. The van der Waals surface area contributed by atoms with Crippen molar-refractivity contribution in [3.63, 3.8) is 0 Å². The van der Waals surface area contributed by atoms with Crippen LogP contribution in [0.4, 0.5) is 4.39 Å². The Balaban J connectivity index is 1.67. The predicted octanol–water partition coefficient (Wildman–Crippen LogP) is 2.93. The van der Waals surface area contributed by atoms with Crippen LogP contribution < -0.4 is 5.32 Å². The summed E-state index contributed by atoms with van der Waals surface area (Å²) in [6.07, 6.45) is 3.24. The van der Waals surface area contributed by atoms with E-state index in [1.54, 1.807) is 12.1 Å². The van der Waals surface area contributed by atoms with Crippen LogP contribution in [0.3, 0.4) is 0 Å². The van der Waals surface area contributed by atoms with Gasteiger partial charge in [0.1, 0.15) is 5.82 Å². The highest BCUT2D eigenvalue weighted by molar-refractivity contribution is 9.10. The highest BCUT2D eigenvalue weighted by Crippen LogP contribution is 2.23. The van der Waals surface area contributed by atoms with Crippen molar-refractivity contribution in [3.05, 3.63) is 34.4 Å². The van der Waals surface area contributed by atoms with Crippen LogP contribution >= 0.6 is 15.9 Å². The summed E-state index contributed by atoms with van der Waals surface area (Å²) in [4.78, 5) is 4.31. The van der Waals surface area contributed by atoms with Crippen molar-refractivity contribution in [3.8, 4) is 11.4 Å². The second-order valence-electron chi connectivity index (χ2n) is 4.62. The van der Waals surface area contributed by atoms with Crippen LogP contribution in [-0.4, -0.2) is 22.7 Å². The van der Waals surface area contributed by atoms with Crippen molar-refractivity contribution in [2.75, 3.05) is 6.54 Å². The Hall–Kier alpha value is -1.27. The summed E-state index contributed by atoms with van der Waals surface area (Å²) < 4.78 is 18.7. The number of nitrogens with zero attached hydrogens (tertiary/aromatic N) is 2. The van der Waals surface area contributed by atoms with Gasteiger partial charge in [0.25, 0.3) is 0 Å². The average molecular weight is 326 g/mol. The zero-order valence-electron chi connectivity index (χ0n) is 10.2. The lowest BCUT2D eigenvalue weighted by atomic mass is 10.2. The van der Waals surface area contributed by atoms with E-state index in [4.69, 9.17) is 4.52 Å². The number of rotatable bonds is 5. The molecule has 6 heteroatoms. The molecule has 4 nitrogen and oxygen atoms in total. The molecule has 1 N–H and O–H groups in total. The number of nitrogens with one attached hydrogen (secondary N) is 1. The van der Waals surface area contributed by atoms with Crippen molar-refractivity contribution >= 4 is 15.9 Å². The van der Waals surface area contributed by atoms with E-state index in [9.17, 15) is 4.39 Å². The minimum atomic E-state index is -0.305. The van der Waals surface area contributed by atoms with Crippen LogP contribution in [0.25, 0.3) is 11.4 Å². The Morgan fingerprint density at radius 1 is 1.42 bits per heavy atom. The van der Waals surface area contributed by atoms with E-state index < -0.39 is 0 Å². The highest BCUT2D eigenvalue weighted by atomic mass is 79.9. The maximum Gasteiger partial charge on any atom is 0.228 e. The smallest absolute Gasteiger partial charge is 0.228 e. The summed E-state index contributed by atoms with van der Waals surface area (Å²) in [7, 11) is 0. The maximum absolute atomic E-state index is 13.1. The summed E-state index contributed by atoms with van der Waals surface area (Å²) in [5.41, 5.74) is 0.735. The molecule has 1 aromatic carbocycles. The lowest BCUT2D eigenvalue weighted by molar-refractivity contribution is 0.376. The van der Waals surface area contributed by atoms with Gasteiger partial charge >= 0.3 is 0 Å². The van der Waals surface area contributed by atoms with Gasteiger partial charge in [0.05, 0.1) is 4.47 Å². The van der Waals surface area contributed by atoms with Gasteiger partial charge in [0.15, 0.2) is 0 Å². The molecule has 0 saturated heterocycles. The predicted molar refractivity (Wildman–Crippen MR) is 72.1 cm³/mol. The first kappa shape index (κ1) is 12.7. The Morgan fingerprint density at radius 2 is 2.26 bits per heavy atom. The van der Waals surface area contributed by atoms with E-state index in [2.05, 4.69) is 31.4 Å². The SMILES string of the molecule is Fc1ccc(-c2noc(CCNC3CC3)n2)cc1Br. The third-order valence-corrected chi connectivity index (χ3v) is 3.60. The standard InChI is InChI=1S/C13H13BrFN3O/c14-10-7-8(1-4-11(10)15)13-17-12(19-18-13)5-6-16-9-2-3-9/h1,4,7,9,16H,2-3,5-6H2. The minimum Gasteiger partial charge on any atom is -0.339 e. The summed E-state index contributed by atoms with van der Waals surface area (Å²) in [5, 5.41) is 7.30. The molecule has 3 rings (SSSR count). The van der Waals surface area contributed by atoms with Crippen LogP contribution in [0.1, 0.15) is 18.7 Å². The quantitative estimate of drug-likeness (QED) is 0.918. The van der Waals surface area contributed by atoms with Gasteiger partial charge in [-0.3, -0.25) is 0 Å². The number of aromatic nitrogens is 2. The molecule has 0 aliphatic heterocycles. The summed E-state index contributed by atoms with van der Waals surface area (Å²) in [5.74, 6) is 0.784. The normalized spacial score (nSPS) is 14.8. The molecule has 0 atom stereocenters. The van der Waals surface area contributed by atoms with Gasteiger partial charge in [-0.2, -0.15) is 4.98 Å². The number of halogens is 2. The van der Waals surface area contributed by atoms with Crippen LogP contribution in [0.5, 0.6) is 0 Å². The topological polar surface area (TPSA) is 51.0 Å². The van der Waals surface area contributed by atoms with Crippen molar-refractivity contribution in [2.45, 2.75) is 25.3 Å². The molecule has 1 saturated carbocycles. The molecule has 1 aliphatic carbocycles. The van der Waals surface area contributed by atoms with Gasteiger partial charge in [0.2, 0.25) is 11.7 Å². The Bertz CT molecular complexity index is 583. The van der Waals surface area contributed by atoms with E-state index in [0.717, 1.165) is 12.1 Å². The van der Waals surface area contributed by atoms with Crippen LogP contribution in [-0.2, 0) is 6.42 Å². The molecule has 0 radical (unpaired) electrons. The fourth-order valence-electron chi connectivity index (χ4n) is 1.78. The fourth-order valence-corrected chi connectivity index (χ4v) is 2.16. The molecule has 1 fully saturated rings. The van der Waals surface area contributed by atoms with E-state index in [0.29, 0.717) is 28.7 Å². The van der Waals surface area contributed by atoms with E-state index in [-0.39, 0.29) is 5.82 Å². The molecule has 0 bridgehead atoms. The van der Waals surface area contributed by atoms with Crippen LogP contribution in [0.2, 0.25) is 0 Å². The molecule has 0 spiro atoms. The van der Waals surface area contributed by atoms with Crippen molar-refractivity contribution in [1.82, 2.24) is 15.5 Å². The van der Waals surface area contributed by atoms with Gasteiger partial charge < -0.3 is 9.84 Å². The first-order valence-electron chi connectivity index (χ1n) is 6.24. The number of hydrogen-bond donors (Lipinski definition) is 1. The minimum absolute atomic E-state index is 0.305. The van der Waals surface area contributed by atoms with E-state index in [1.807, 2.05) is 0 Å². The van der Waals surface area contributed by atoms with Gasteiger partial charge in [-0.1, -0.05) is 5.16 Å². The Labute approximate surface area is 118 Å². The van der Waals surface area contributed by atoms with Gasteiger partial charge in [0, 0.05) is 24.6 Å². The molecule has 19 heavy (non-hydrogen) atoms. The molecular formula is C13H13BrFN3O. The Kier molecular flexibility index (Phi) is 3.61. The van der Waals surface area contributed by atoms with Crippen LogP contribution in [0, 0.1) is 5.82 Å². The molecule has 0 amide bonds. The first-order valence-corrected chi connectivity index (χ1v) is 7.03. The molecule has 2 aromatic rings. The van der Waals surface area contributed by atoms with Crippen molar-refractivity contribution in [2.24, 2.45) is 0 Å².